The van der Waals surface area contributed by atoms with E-state index in [1.165, 1.54) is 24.4 Å². The molecule has 0 spiro atoms. The molecule has 0 fully saturated rings. The Bertz CT molecular complexity index is 551. The van der Waals surface area contributed by atoms with Gasteiger partial charge in [0.25, 0.3) is 11.6 Å². The molecule has 92 valence electrons. The van der Waals surface area contributed by atoms with Crippen LogP contribution in [0, 0.1) is 21.4 Å². The topological polar surface area (TPSA) is 108 Å². The Hall–Kier alpha value is -2.46. The molecular formula is C10H7ClN4O3. The van der Waals surface area contributed by atoms with Gasteiger partial charge in [-0.1, -0.05) is 17.7 Å². The van der Waals surface area contributed by atoms with Crippen molar-refractivity contribution in [2.75, 3.05) is 0 Å². The van der Waals surface area contributed by atoms with E-state index in [1.54, 1.807) is 6.07 Å². The van der Waals surface area contributed by atoms with Crippen molar-refractivity contribution in [2.24, 2.45) is 5.10 Å². The Labute approximate surface area is 107 Å². The molecule has 0 bridgehead atoms. The van der Waals surface area contributed by atoms with Crippen LogP contribution in [0.25, 0.3) is 0 Å². The zero-order valence-electron chi connectivity index (χ0n) is 8.96. The van der Waals surface area contributed by atoms with E-state index in [0.717, 1.165) is 0 Å². The third-order valence-electron chi connectivity index (χ3n) is 1.81. The minimum atomic E-state index is -0.617. The molecule has 0 heterocycles. The molecule has 1 aromatic carbocycles. The van der Waals surface area contributed by atoms with Gasteiger partial charge in [-0.25, -0.2) is 5.43 Å². The van der Waals surface area contributed by atoms with Crippen LogP contribution in [0.1, 0.15) is 12.0 Å². The number of benzene rings is 1. The van der Waals surface area contributed by atoms with Crippen LogP contribution in [-0.4, -0.2) is 17.0 Å². The predicted octanol–water partition coefficient (Wildman–Crippen LogP) is 1.61. The average molecular weight is 267 g/mol. The Morgan fingerprint density at radius 1 is 1.67 bits per heavy atom. The van der Waals surface area contributed by atoms with Gasteiger partial charge >= 0.3 is 0 Å². The molecule has 7 nitrogen and oxygen atoms in total. The smallest absolute Gasteiger partial charge is 0.272 e. The van der Waals surface area contributed by atoms with Gasteiger partial charge in [-0.3, -0.25) is 14.9 Å². The second-order valence-corrected chi connectivity index (χ2v) is 3.50. The number of hydrazone groups is 1. The average Bonchev–Trinajstić information content (AvgIpc) is 2.31. The number of nitrogens with zero attached hydrogens (tertiary/aromatic N) is 3. The molecule has 8 heteroatoms. The van der Waals surface area contributed by atoms with Crippen LogP contribution in [0.5, 0.6) is 0 Å². The van der Waals surface area contributed by atoms with Crippen LogP contribution < -0.4 is 5.43 Å². The minimum Gasteiger partial charge on any atom is -0.272 e. The molecule has 0 saturated carbocycles. The number of hydrogen-bond acceptors (Lipinski definition) is 5. The first kappa shape index (κ1) is 13.6. The van der Waals surface area contributed by atoms with Crippen LogP contribution in [-0.2, 0) is 4.79 Å². The van der Waals surface area contributed by atoms with Crippen molar-refractivity contribution in [3.8, 4) is 6.07 Å². The van der Waals surface area contributed by atoms with Crippen LogP contribution in [0.4, 0.5) is 5.69 Å². The zero-order valence-corrected chi connectivity index (χ0v) is 9.72. The van der Waals surface area contributed by atoms with Crippen molar-refractivity contribution in [2.45, 2.75) is 6.42 Å². The summed E-state index contributed by atoms with van der Waals surface area (Å²) in [4.78, 5) is 20.9. The Morgan fingerprint density at radius 2 is 2.39 bits per heavy atom. The Morgan fingerprint density at radius 3 is 3.00 bits per heavy atom. The Kier molecular flexibility index (Phi) is 4.78. The summed E-state index contributed by atoms with van der Waals surface area (Å²) in [6, 6.07) is 5.75. The van der Waals surface area contributed by atoms with Crippen LogP contribution in [0.3, 0.4) is 0 Å². The first-order valence-corrected chi connectivity index (χ1v) is 5.05. The summed E-state index contributed by atoms with van der Waals surface area (Å²) in [7, 11) is 0. The van der Waals surface area contributed by atoms with Gasteiger partial charge in [-0.05, 0) is 6.07 Å². The Balaban J connectivity index is 2.77. The van der Waals surface area contributed by atoms with E-state index in [4.69, 9.17) is 16.9 Å². The van der Waals surface area contributed by atoms with E-state index in [-0.39, 0.29) is 17.1 Å². The van der Waals surface area contributed by atoms with Gasteiger partial charge in [0, 0.05) is 11.6 Å². The van der Waals surface area contributed by atoms with E-state index >= 15 is 0 Å². The molecule has 1 amide bonds. The fourth-order valence-electron chi connectivity index (χ4n) is 1.04. The van der Waals surface area contributed by atoms with E-state index in [9.17, 15) is 14.9 Å². The highest BCUT2D eigenvalue weighted by atomic mass is 35.5. The highest BCUT2D eigenvalue weighted by molar-refractivity contribution is 6.32. The molecule has 0 aliphatic carbocycles. The van der Waals surface area contributed by atoms with Gasteiger partial charge in [0.1, 0.15) is 11.4 Å². The van der Waals surface area contributed by atoms with Gasteiger partial charge in [-0.15, -0.1) is 0 Å². The molecule has 0 atom stereocenters. The van der Waals surface area contributed by atoms with E-state index in [2.05, 4.69) is 10.5 Å². The summed E-state index contributed by atoms with van der Waals surface area (Å²) in [6.45, 7) is 0. The fourth-order valence-corrected chi connectivity index (χ4v) is 1.23. The van der Waals surface area contributed by atoms with E-state index < -0.39 is 10.8 Å². The summed E-state index contributed by atoms with van der Waals surface area (Å²) < 4.78 is 0. The largest absolute Gasteiger partial charge is 0.288 e. The third kappa shape index (κ3) is 3.84. The quantitative estimate of drug-likeness (QED) is 0.507. The molecule has 0 radical (unpaired) electrons. The maximum atomic E-state index is 10.9. The molecule has 0 aliphatic heterocycles. The van der Waals surface area contributed by atoms with Crippen molar-refractivity contribution < 1.29 is 9.72 Å². The predicted molar refractivity (Wildman–Crippen MR) is 64.1 cm³/mol. The molecule has 1 N–H and O–H groups in total. The molecular weight excluding hydrogens is 260 g/mol. The molecule has 18 heavy (non-hydrogen) atoms. The zero-order chi connectivity index (χ0) is 13.5. The van der Waals surface area contributed by atoms with Crippen molar-refractivity contribution in [3.05, 3.63) is 38.9 Å². The van der Waals surface area contributed by atoms with Gasteiger partial charge in [0.2, 0.25) is 0 Å². The summed E-state index contributed by atoms with van der Waals surface area (Å²) in [5, 5.41) is 22.4. The first-order chi connectivity index (χ1) is 8.54. The standard InChI is InChI=1S/C10H7ClN4O3/c11-8-2-1-7(5-9(8)15(17)18)6-13-14-10(16)3-4-12/h1-2,5-6H,3H2,(H,14,16)/b13-6+. The van der Waals surface area contributed by atoms with Crippen molar-refractivity contribution >= 4 is 29.4 Å². The molecule has 0 aliphatic rings. The lowest BCUT2D eigenvalue weighted by molar-refractivity contribution is -0.384. The summed E-state index contributed by atoms with van der Waals surface area (Å²) >= 11 is 5.62. The monoisotopic (exact) mass is 266 g/mol. The van der Waals surface area contributed by atoms with Crippen LogP contribution in [0.2, 0.25) is 5.02 Å². The third-order valence-corrected chi connectivity index (χ3v) is 2.13. The highest BCUT2D eigenvalue weighted by Crippen LogP contribution is 2.24. The van der Waals surface area contributed by atoms with Crippen LogP contribution in [0.15, 0.2) is 23.3 Å². The number of nitriles is 1. The van der Waals surface area contributed by atoms with Crippen molar-refractivity contribution in [1.29, 1.82) is 5.26 Å². The number of nitro groups is 1. The lowest BCUT2D eigenvalue weighted by Crippen LogP contribution is -2.16. The van der Waals surface area contributed by atoms with Crippen LogP contribution >= 0.6 is 11.6 Å². The summed E-state index contributed by atoms with van der Waals surface area (Å²) in [5.74, 6) is -0.558. The molecule has 0 unspecified atom stereocenters. The van der Waals surface area contributed by atoms with Gasteiger partial charge in [0.15, 0.2) is 0 Å². The number of halogens is 1. The number of nitro benzene ring substituents is 1. The summed E-state index contributed by atoms with van der Waals surface area (Å²) in [5.41, 5.74) is 2.26. The van der Waals surface area contributed by atoms with E-state index in [0.29, 0.717) is 5.56 Å². The maximum absolute atomic E-state index is 10.9. The second kappa shape index (κ2) is 6.32. The SMILES string of the molecule is N#CCC(=O)N/N=C/c1ccc(Cl)c([N+](=O)[O-])c1. The molecule has 0 aromatic heterocycles. The number of rotatable bonds is 4. The lowest BCUT2D eigenvalue weighted by atomic mass is 10.2. The number of carbonyl (C=O) groups excluding carboxylic acids is 1. The van der Waals surface area contributed by atoms with Crippen molar-refractivity contribution in [1.82, 2.24) is 5.43 Å². The number of carbonyl (C=O) groups is 1. The van der Waals surface area contributed by atoms with Crippen molar-refractivity contribution in [3.63, 3.8) is 0 Å². The van der Waals surface area contributed by atoms with E-state index in [1.807, 2.05) is 0 Å². The van der Waals surface area contributed by atoms with Gasteiger partial charge in [-0.2, -0.15) is 10.4 Å². The second-order valence-electron chi connectivity index (χ2n) is 3.10. The maximum Gasteiger partial charge on any atom is 0.288 e. The fraction of sp³-hybridized carbons (Fsp3) is 0.100. The first-order valence-electron chi connectivity index (χ1n) is 4.67. The van der Waals surface area contributed by atoms with Gasteiger partial charge < -0.3 is 0 Å². The number of amides is 1. The lowest BCUT2D eigenvalue weighted by Gasteiger charge is -1.97. The number of hydrogen-bond donors (Lipinski definition) is 1. The number of nitrogens with one attached hydrogen (secondary N) is 1. The molecule has 1 rings (SSSR count). The summed E-state index contributed by atoms with van der Waals surface area (Å²) in [6.07, 6.45) is 0.913. The highest BCUT2D eigenvalue weighted by Gasteiger charge is 2.11. The normalized spacial score (nSPS) is 10.0. The minimum absolute atomic E-state index is 0.0191. The molecule has 1 aromatic rings. The molecule has 0 saturated heterocycles. The van der Waals surface area contributed by atoms with Gasteiger partial charge in [0.05, 0.1) is 17.2 Å².